The second-order valence-corrected chi connectivity index (χ2v) is 6.55. The van der Waals surface area contributed by atoms with Crippen molar-refractivity contribution in [1.29, 1.82) is 0 Å². The fraction of sp³-hybridized carbons (Fsp3) is 0.923. The standard InChI is InChI=1S/C13H22ClNO/c1-12(2)5-3-4-10(12)11(16)15-9-13(8-14)6-7-13/h10H,3-9H2,1-2H3,(H,15,16). The van der Waals surface area contributed by atoms with Crippen LogP contribution in [0.4, 0.5) is 0 Å². The second kappa shape index (κ2) is 4.21. The van der Waals surface area contributed by atoms with Gasteiger partial charge < -0.3 is 5.32 Å². The third kappa shape index (κ3) is 2.37. The average Bonchev–Trinajstić information content (AvgIpc) is 2.94. The molecule has 3 heteroatoms. The van der Waals surface area contributed by atoms with Gasteiger partial charge in [-0.1, -0.05) is 20.3 Å². The van der Waals surface area contributed by atoms with Crippen LogP contribution in [0.5, 0.6) is 0 Å². The fourth-order valence-electron chi connectivity index (χ4n) is 2.74. The average molecular weight is 244 g/mol. The smallest absolute Gasteiger partial charge is 0.223 e. The highest BCUT2D eigenvalue weighted by atomic mass is 35.5. The van der Waals surface area contributed by atoms with Crippen LogP contribution in [0.3, 0.4) is 0 Å². The molecule has 0 radical (unpaired) electrons. The number of amides is 1. The maximum absolute atomic E-state index is 12.1. The van der Waals surface area contributed by atoms with Gasteiger partial charge in [-0.15, -0.1) is 11.6 Å². The van der Waals surface area contributed by atoms with Crippen molar-refractivity contribution in [2.24, 2.45) is 16.7 Å². The van der Waals surface area contributed by atoms with E-state index in [1.165, 1.54) is 25.7 Å². The van der Waals surface area contributed by atoms with Gasteiger partial charge in [0.15, 0.2) is 0 Å². The van der Waals surface area contributed by atoms with Crippen LogP contribution in [-0.4, -0.2) is 18.3 Å². The summed E-state index contributed by atoms with van der Waals surface area (Å²) in [7, 11) is 0. The van der Waals surface area contributed by atoms with Gasteiger partial charge in [-0.05, 0) is 31.1 Å². The first-order valence-corrected chi connectivity index (χ1v) is 6.86. The second-order valence-electron chi connectivity index (χ2n) is 6.28. The van der Waals surface area contributed by atoms with Crippen molar-refractivity contribution in [2.75, 3.05) is 12.4 Å². The molecular formula is C13H22ClNO. The molecule has 2 saturated carbocycles. The zero-order valence-corrected chi connectivity index (χ0v) is 11.1. The van der Waals surface area contributed by atoms with Crippen LogP contribution in [0.15, 0.2) is 0 Å². The molecule has 0 aromatic heterocycles. The number of alkyl halides is 1. The number of nitrogens with one attached hydrogen (secondary N) is 1. The number of hydrogen-bond donors (Lipinski definition) is 1. The number of carbonyl (C=O) groups excluding carboxylic acids is 1. The van der Waals surface area contributed by atoms with Crippen molar-refractivity contribution >= 4 is 17.5 Å². The van der Waals surface area contributed by atoms with Crippen LogP contribution in [0.25, 0.3) is 0 Å². The Kier molecular flexibility index (Phi) is 3.22. The Labute approximate surface area is 103 Å². The molecule has 2 nitrogen and oxygen atoms in total. The summed E-state index contributed by atoms with van der Waals surface area (Å²) in [4.78, 5) is 12.1. The Morgan fingerprint density at radius 2 is 2.06 bits per heavy atom. The molecule has 1 amide bonds. The molecule has 0 aromatic carbocycles. The highest BCUT2D eigenvalue weighted by molar-refractivity contribution is 6.18. The van der Waals surface area contributed by atoms with Gasteiger partial charge in [0.25, 0.3) is 0 Å². The van der Waals surface area contributed by atoms with E-state index in [0.717, 1.165) is 13.0 Å². The fourth-order valence-corrected chi connectivity index (χ4v) is 3.11. The van der Waals surface area contributed by atoms with E-state index < -0.39 is 0 Å². The molecule has 0 spiro atoms. The zero-order valence-electron chi connectivity index (χ0n) is 10.3. The minimum Gasteiger partial charge on any atom is -0.355 e. The van der Waals surface area contributed by atoms with Crippen LogP contribution in [0, 0.1) is 16.7 Å². The summed E-state index contributed by atoms with van der Waals surface area (Å²) >= 11 is 5.90. The molecule has 0 saturated heterocycles. The third-order valence-electron chi connectivity index (χ3n) is 4.45. The molecule has 0 aromatic rings. The van der Waals surface area contributed by atoms with Gasteiger partial charge in [-0.3, -0.25) is 4.79 Å². The maximum atomic E-state index is 12.1. The lowest BCUT2D eigenvalue weighted by Crippen LogP contribution is -2.39. The normalized spacial score (nSPS) is 30.1. The molecular weight excluding hydrogens is 222 g/mol. The number of carbonyl (C=O) groups is 1. The quantitative estimate of drug-likeness (QED) is 0.756. The van der Waals surface area contributed by atoms with Crippen LogP contribution < -0.4 is 5.32 Å². The summed E-state index contributed by atoms with van der Waals surface area (Å²) in [5.41, 5.74) is 0.418. The van der Waals surface area contributed by atoms with Gasteiger partial charge >= 0.3 is 0 Å². The minimum absolute atomic E-state index is 0.182. The number of rotatable bonds is 4. The molecule has 2 fully saturated rings. The predicted octanol–water partition coefficient (Wildman–Crippen LogP) is 2.95. The van der Waals surface area contributed by atoms with Crippen molar-refractivity contribution < 1.29 is 4.79 Å². The largest absolute Gasteiger partial charge is 0.355 e. The van der Waals surface area contributed by atoms with Crippen molar-refractivity contribution in [3.63, 3.8) is 0 Å². The van der Waals surface area contributed by atoms with Crippen LogP contribution in [0.1, 0.15) is 46.0 Å². The van der Waals surface area contributed by atoms with E-state index in [1.54, 1.807) is 0 Å². The molecule has 92 valence electrons. The molecule has 2 aliphatic rings. The Bertz CT molecular complexity index is 284. The summed E-state index contributed by atoms with van der Waals surface area (Å²) in [6, 6.07) is 0. The monoisotopic (exact) mass is 243 g/mol. The molecule has 16 heavy (non-hydrogen) atoms. The summed E-state index contributed by atoms with van der Waals surface area (Å²) in [6.45, 7) is 5.19. The third-order valence-corrected chi connectivity index (χ3v) is 5.02. The lowest BCUT2D eigenvalue weighted by Gasteiger charge is -2.26. The van der Waals surface area contributed by atoms with Gasteiger partial charge in [0, 0.05) is 23.8 Å². The lowest BCUT2D eigenvalue weighted by molar-refractivity contribution is -0.127. The summed E-state index contributed by atoms with van der Waals surface area (Å²) in [5.74, 6) is 1.14. The van der Waals surface area contributed by atoms with E-state index in [2.05, 4.69) is 19.2 Å². The molecule has 0 heterocycles. The van der Waals surface area contributed by atoms with E-state index in [4.69, 9.17) is 11.6 Å². The molecule has 1 N–H and O–H groups in total. The van der Waals surface area contributed by atoms with E-state index >= 15 is 0 Å². The van der Waals surface area contributed by atoms with Gasteiger partial charge in [-0.25, -0.2) is 0 Å². The zero-order chi connectivity index (χ0) is 11.8. The van der Waals surface area contributed by atoms with Crippen molar-refractivity contribution in [3.8, 4) is 0 Å². The van der Waals surface area contributed by atoms with E-state index in [9.17, 15) is 4.79 Å². The first kappa shape index (κ1) is 12.2. The molecule has 2 rings (SSSR count). The van der Waals surface area contributed by atoms with E-state index in [0.29, 0.717) is 5.88 Å². The molecule has 2 aliphatic carbocycles. The molecule has 1 unspecified atom stereocenters. The SMILES string of the molecule is CC1(C)CCCC1C(=O)NCC1(CCl)CC1. The number of hydrogen-bond acceptors (Lipinski definition) is 1. The maximum Gasteiger partial charge on any atom is 0.223 e. The molecule has 0 bridgehead atoms. The predicted molar refractivity (Wildman–Crippen MR) is 66.5 cm³/mol. The number of halogens is 1. The van der Waals surface area contributed by atoms with Crippen LogP contribution in [-0.2, 0) is 4.79 Å². The van der Waals surface area contributed by atoms with Gasteiger partial charge in [0.05, 0.1) is 0 Å². The summed E-state index contributed by atoms with van der Waals surface area (Å²) in [5, 5.41) is 3.11. The topological polar surface area (TPSA) is 29.1 Å². The highest BCUT2D eigenvalue weighted by Crippen LogP contribution is 2.46. The van der Waals surface area contributed by atoms with Crippen LogP contribution in [0.2, 0.25) is 0 Å². The molecule has 0 aliphatic heterocycles. The summed E-state index contributed by atoms with van der Waals surface area (Å²) < 4.78 is 0. The van der Waals surface area contributed by atoms with Gasteiger partial charge in [-0.2, -0.15) is 0 Å². The Hall–Kier alpha value is -0.240. The molecule has 1 atom stereocenters. The highest BCUT2D eigenvalue weighted by Gasteiger charge is 2.44. The van der Waals surface area contributed by atoms with Gasteiger partial charge in [0.2, 0.25) is 5.91 Å². The van der Waals surface area contributed by atoms with Crippen LogP contribution >= 0.6 is 11.6 Å². The van der Waals surface area contributed by atoms with Crippen molar-refractivity contribution in [1.82, 2.24) is 5.32 Å². The van der Waals surface area contributed by atoms with Crippen molar-refractivity contribution in [2.45, 2.75) is 46.0 Å². The van der Waals surface area contributed by atoms with Gasteiger partial charge in [0.1, 0.15) is 0 Å². The van der Waals surface area contributed by atoms with Crippen molar-refractivity contribution in [3.05, 3.63) is 0 Å². The first-order valence-electron chi connectivity index (χ1n) is 6.33. The van der Waals surface area contributed by atoms with E-state index in [-0.39, 0.29) is 22.7 Å². The van der Waals surface area contributed by atoms with E-state index in [1.807, 2.05) is 0 Å². The Balaban J connectivity index is 1.84. The summed E-state index contributed by atoms with van der Waals surface area (Å²) in [6.07, 6.45) is 5.75. The lowest BCUT2D eigenvalue weighted by atomic mass is 9.81. The minimum atomic E-state index is 0.182. The Morgan fingerprint density at radius 1 is 1.38 bits per heavy atom. The first-order chi connectivity index (χ1) is 7.49. The Morgan fingerprint density at radius 3 is 2.50 bits per heavy atom.